The summed E-state index contributed by atoms with van der Waals surface area (Å²) in [5, 5.41) is 7.85. The Balaban J connectivity index is 2.13. The van der Waals surface area contributed by atoms with Crippen molar-refractivity contribution in [2.75, 3.05) is 5.73 Å². The van der Waals surface area contributed by atoms with E-state index in [2.05, 4.69) is 10.2 Å². The van der Waals surface area contributed by atoms with E-state index in [-0.39, 0.29) is 5.78 Å². The summed E-state index contributed by atoms with van der Waals surface area (Å²) in [5.41, 5.74) is 9.37. The summed E-state index contributed by atoms with van der Waals surface area (Å²) in [6, 6.07) is 10.8. The van der Waals surface area contributed by atoms with Crippen LogP contribution in [0.2, 0.25) is 0 Å². The van der Waals surface area contributed by atoms with Gasteiger partial charge in [0, 0.05) is 22.2 Å². The van der Waals surface area contributed by atoms with Crippen molar-refractivity contribution in [2.24, 2.45) is 0 Å². The molecule has 0 radical (unpaired) electrons. The third kappa shape index (κ3) is 1.97. The number of carbonyl (C=O) groups is 1. The van der Waals surface area contributed by atoms with Crippen molar-refractivity contribution in [3.05, 3.63) is 59.3 Å². The average molecular weight is 251 g/mol. The van der Waals surface area contributed by atoms with Crippen molar-refractivity contribution < 1.29 is 4.79 Å². The zero-order valence-corrected chi connectivity index (χ0v) is 10.5. The number of H-pyrrole nitrogens is 1. The summed E-state index contributed by atoms with van der Waals surface area (Å²) in [6.45, 7) is 1.92. The number of benzene rings is 2. The monoisotopic (exact) mass is 251 g/mol. The quantitative estimate of drug-likeness (QED) is 0.543. The second-order valence-corrected chi connectivity index (χ2v) is 4.58. The molecule has 2 aromatic carbocycles. The van der Waals surface area contributed by atoms with Crippen LogP contribution in [-0.2, 0) is 0 Å². The summed E-state index contributed by atoms with van der Waals surface area (Å²) in [7, 11) is 0. The van der Waals surface area contributed by atoms with Gasteiger partial charge in [-0.1, -0.05) is 12.1 Å². The molecule has 0 spiro atoms. The molecular weight excluding hydrogens is 238 g/mol. The van der Waals surface area contributed by atoms with E-state index in [1.807, 2.05) is 19.1 Å². The first-order valence-corrected chi connectivity index (χ1v) is 5.99. The molecule has 0 amide bonds. The van der Waals surface area contributed by atoms with E-state index in [1.54, 1.807) is 30.5 Å². The number of aromatic nitrogens is 2. The van der Waals surface area contributed by atoms with Gasteiger partial charge in [0.05, 0.1) is 11.7 Å². The SMILES string of the molecule is Cc1cc2cn[nH]c2cc1C(=O)c1cccc(N)c1. The molecule has 4 heteroatoms. The lowest BCUT2D eigenvalue weighted by molar-refractivity contribution is 0.103. The molecule has 3 N–H and O–H groups in total. The van der Waals surface area contributed by atoms with Gasteiger partial charge in [0.25, 0.3) is 0 Å². The van der Waals surface area contributed by atoms with Crippen molar-refractivity contribution in [2.45, 2.75) is 6.92 Å². The van der Waals surface area contributed by atoms with Crippen LogP contribution in [0.25, 0.3) is 10.9 Å². The van der Waals surface area contributed by atoms with Crippen molar-refractivity contribution in [1.29, 1.82) is 0 Å². The minimum atomic E-state index is -0.0266. The number of aryl methyl sites for hydroxylation is 1. The molecule has 0 aliphatic rings. The fourth-order valence-electron chi connectivity index (χ4n) is 2.19. The van der Waals surface area contributed by atoms with Crippen LogP contribution in [-0.4, -0.2) is 16.0 Å². The van der Waals surface area contributed by atoms with Gasteiger partial charge in [0.15, 0.2) is 5.78 Å². The average Bonchev–Trinajstić information content (AvgIpc) is 2.84. The first-order valence-electron chi connectivity index (χ1n) is 5.99. The van der Waals surface area contributed by atoms with Crippen LogP contribution in [0.1, 0.15) is 21.5 Å². The molecule has 0 bridgehead atoms. The number of rotatable bonds is 2. The van der Waals surface area contributed by atoms with Gasteiger partial charge in [-0.25, -0.2) is 0 Å². The third-order valence-corrected chi connectivity index (χ3v) is 3.18. The van der Waals surface area contributed by atoms with Crippen molar-refractivity contribution in [3.63, 3.8) is 0 Å². The normalized spacial score (nSPS) is 10.8. The predicted octanol–water partition coefficient (Wildman–Crippen LogP) is 2.68. The molecular formula is C15H13N3O. The molecule has 1 heterocycles. The highest BCUT2D eigenvalue weighted by molar-refractivity contribution is 6.11. The van der Waals surface area contributed by atoms with Crippen molar-refractivity contribution in [3.8, 4) is 0 Å². The topological polar surface area (TPSA) is 71.8 Å². The van der Waals surface area contributed by atoms with E-state index in [9.17, 15) is 4.79 Å². The fraction of sp³-hybridized carbons (Fsp3) is 0.0667. The van der Waals surface area contributed by atoms with E-state index in [0.717, 1.165) is 16.5 Å². The van der Waals surface area contributed by atoms with E-state index >= 15 is 0 Å². The van der Waals surface area contributed by atoms with Gasteiger partial charge < -0.3 is 5.73 Å². The number of ketones is 1. The highest BCUT2D eigenvalue weighted by Gasteiger charge is 2.13. The minimum Gasteiger partial charge on any atom is -0.399 e. The number of nitrogens with one attached hydrogen (secondary N) is 1. The standard InChI is InChI=1S/C15H13N3O/c1-9-5-11-8-17-18-14(11)7-13(9)15(19)10-3-2-4-12(16)6-10/h2-8H,16H2,1H3,(H,17,18). The molecule has 94 valence electrons. The Morgan fingerprint density at radius 3 is 2.89 bits per heavy atom. The van der Waals surface area contributed by atoms with Crippen LogP contribution in [0.5, 0.6) is 0 Å². The molecule has 1 aromatic heterocycles. The lowest BCUT2D eigenvalue weighted by Crippen LogP contribution is -2.04. The summed E-state index contributed by atoms with van der Waals surface area (Å²) in [4.78, 5) is 12.5. The van der Waals surface area contributed by atoms with Crippen molar-refractivity contribution in [1.82, 2.24) is 10.2 Å². The summed E-state index contributed by atoms with van der Waals surface area (Å²) < 4.78 is 0. The Morgan fingerprint density at radius 2 is 2.11 bits per heavy atom. The smallest absolute Gasteiger partial charge is 0.193 e. The second-order valence-electron chi connectivity index (χ2n) is 4.58. The Morgan fingerprint density at radius 1 is 1.26 bits per heavy atom. The summed E-state index contributed by atoms with van der Waals surface area (Å²) in [5.74, 6) is -0.0266. The summed E-state index contributed by atoms with van der Waals surface area (Å²) in [6.07, 6.45) is 1.75. The number of hydrogen-bond acceptors (Lipinski definition) is 3. The third-order valence-electron chi connectivity index (χ3n) is 3.18. The number of nitrogen functional groups attached to an aromatic ring is 1. The van der Waals surface area contributed by atoms with E-state index in [4.69, 9.17) is 5.73 Å². The molecule has 4 nitrogen and oxygen atoms in total. The molecule has 0 atom stereocenters. The fourth-order valence-corrected chi connectivity index (χ4v) is 2.19. The molecule has 0 unspecified atom stereocenters. The molecule has 0 saturated carbocycles. The first kappa shape index (κ1) is 11.5. The molecule has 0 saturated heterocycles. The van der Waals surface area contributed by atoms with Crippen LogP contribution in [0.3, 0.4) is 0 Å². The maximum Gasteiger partial charge on any atom is 0.193 e. The molecule has 3 aromatic rings. The van der Waals surface area contributed by atoms with Gasteiger partial charge in [0.1, 0.15) is 0 Å². The molecule has 0 fully saturated rings. The maximum absolute atomic E-state index is 12.5. The lowest BCUT2D eigenvalue weighted by atomic mass is 9.97. The number of fused-ring (bicyclic) bond motifs is 1. The molecule has 19 heavy (non-hydrogen) atoms. The Labute approximate surface area is 110 Å². The number of nitrogens with zero attached hydrogens (tertiary/aromatic N) is 1. The largest absolute Gasteiger partial charge is 0.399 e. The number of hydrogen-bond donors (Lipinski definition) is 2. The molecule has 0 aliphatic heterocycles. The number of anilines is 1. The van der Waals surface area contributed by atoms with Gasteiger partial charge in [-0.3, -0.25) is 9.89 Å². The lowest BCUT2D eigenvalue weighted by Gasteiger charge is -2.06. The summed E-state index contributed by atoms with van der Waals surface area (Å²) >= 11 is 0. The number of aromatic amines is 1. The van der Waals surface area contributed by atoms with Crippen LogP contribution < -0.4 is 5.73 Å². The van der Waals surface area contributed by atoms with E-state index < -0.39 is 0 Å². The number of carbonyl (C=O) groups excluding carboxylic acids is 1. The van der Waals surface area contributed by atoms with Crippen LogP contribution >= 0.6 is 0 Å². The molecule has 3 rings (SSSR count). The van der Waals surface area contributed by atoms with Gasteiger partial charge in [-0.15, -0.1) is 0 Å². The zero-order chi connectivity index (χ0) is 13.4. The Hall–Kier alpha value is -2.62. The highest BCUT2D eigenvalue weighted by Crippen LogP contribution is 2.21. The van der Waals surface area contributed by atoms with Crippen LogP contribution in [0.15, 0.2) is 42.6 Å². The van der Waals surface area contributed by atoms with Crippen LogP contribution in [0, 0.1) is 6.92 Å². The van der Waals surface area contributed by atoms with Gasteiger partial charge in [-0.05, 0) is 36.8 Å². The Kier molecular flexibility index (Phi) is 2.56. The zero-order valence-electron chi connectivity index (χ0n) is 10.5. The Bertz CT molecular complexity index is 774. The predicted molar refractivity (Wildman–Crippen MR) is 75.1 cm³/mol. The van der Waals surface area contributed by atoms with Gasteiger partial charge in [0.2, 0.25) is 0 Å². The van der Waals surface area contributed by atoms with Gasteiger partial charge in [-0.2, -0.15) is 5.10 Å². The minimum absolute atomic E-state index is 0.0266. The number of nitrogens with two attached hydrogens (primary N) is 1. The van der Waals surface area contributed by atoms with E-state index in [1.165, 1.54) is 0 Å². The highest BCUT2D eigenvalue weighted by atomic mass is 16.1. The van der Waals surface area contributed by atoms with Crippen molar-refractivity contribution >= 4 is 22.4 Å². The second kappa shape index (κ2) is 4.24. The van der Waals surface area contributed by atoms with Crippen LogP contribution in [0.4, 0.5) is 5.69 Å². The first-order chi connectivity index (χ1) is 9.15. The van der Waals surface area contributed by atoms with E-state index in [0.29, 0.717) is 16.8 Å². The molecule has 0 aliphatic carbocycles. The van der Waals surface area contributed by atoms with Gasteiger partial charge >= 0.3 is 0 Å². The maximum atomic E-state index is 12.5.